The summed E-state index contributed by atoms with van der Waals surface area (Å²) in [4.78, 5) is 14.9. The molecule has 0 N–H and O–H groups in total. The van der Waals surface area contributed by atoms with Gasteiger partial charge in [-0.25, -0.2) is 4.98 Å². The lowest BCUT2D eigenvalue weighted by atomic mass is 10.1. The third-order valence-electron chi connectivity index (χ3n) is 3.36. The third kappa shape index (κ3) is 4.13. The molecule has 0 unspecified atom stereocenters. The van der Waals surface area contributed by atoms with E-state index < -0.39 is 5.97 Å². The fraction of sp³-hybridized carbons (Fsp3) is 0.111. The molecule has 4 nitrogen and oxygen atoms in total. The SMILES string of the molecule is O=C([O-])c1nc(Cc2cc(Cl)ccc2OCc2ccccc2)cs1. The van der Waals surface area contributed by atoms with Gasteiger partial charge in [-0.2, -0.15) is 0 Å². The summed E-state index contributed by atoms with van der Waals surface area (Å²) in [6.45, 7) is 0.441. The molecule has 2 aromatic carbocycles. The van der Waals surface area contributed by atoms with Crippen molar-refractivity contribution in [3.05, 3.63) is 80.8 Å². The van der Waals surface area contributed by atoms with Crippen LogP contribution < -0.4 is 9.84 Å². The molecule has 1 aromatic heterocycles. The van der Waals surface area contributed by atoms with Crippen molar-refractivity contribution in [2.24, 2.45) is 0 Å². The lowest BCUT2D eigenvalue weighted by Crippen LogP contribution is -2.21. The quantitative estimate of drug-likeness (QED) is 0.678. The molecule has 6 heteroatoms. The molecule has 24 heavy (non-hydrogen) atoms. The first kappa shape index (κ1) is 16.5. The summed E-state index contributed by atoms with van der Waals surface area (Å²) in [5.74, 6) is -0.566. The molecule has 0 aliphatic carbocycles. The molecular formula is C18H13ClNO3S-. The van der Waals surface area contributed by atoms with Crippen molar-refractivity contribution in [2.75, 3.05) is 0 Å². The van der Waals surface area contributed by atoms with E-state index in [0.29, 0.717) is 29.5 Å². The van der Waals surface area contributed by atoms with E-state index in [9.17, 15) is 9.90 Å². The summed E-state index contributed by atoms with van der Waals surface area (Å²) in [5.41, 5.74) is 2.56. The summed E-state index contributed by atoms with van der Waals surface area (Å²) in [5, 5.41) is 13.1. The Morgan fingerprint density at radius 3 is 2.71 bits per heavy atom. The standard InChI is InChI=1S/C18H14ClNO3S/c19-14-6-7-16(23-10-12-4-2-1-3-5-12)13(8-14)9-15-11-24-17(20-15)18(21)22/h1-8,11H,9-10H2,(H,21,22)/p-1. The van der Waals surface area contributed by atoms with E-state index >= 15 is 0 Å². The summed E-state index contributed by atoms with van der Waals surface area (Å²) >= 11 is 7.13. The minimum absolute atomic E-state index is 0.0289. The Morgan fingerprint density at radius 2 is 2.00 bits per heavy atom. The Hall–Kier alpha value is -2.37. The maximum absolute atomic E-state index is 10.8. The Morgan fingerprint density at radius 1 is 1.21 bits per heavy atom. The molecular weight excluding hydrogens is 346 g/mol. The molecule has 122 valence electrons. The van der Waals surface area contributed by atoms with Crippen LogP contribution in [0.15, 0.2) is 53.9 Å². The van der Waals surface area contributed by atoms with Gasteiger partial charge in [0.2, 0.25) is 0 Å². The Bertz CT molecular complexity index is 848. The van der Waals surface area contributed by atoms with Crippen molar-refractivity contribution in [3.8, 4) is 5.75 Å². The molecule has 0 radical (unpaired) electrons. The number of halogens is 1. The number of aromatic nitrogens is 1. The Balaban J connectivity index is 1.78. The van der Waals surface area contributed by atoms with E-state index in [1.54, 1.807) is 17.5 Å². The number of ether oxygens (including phenoxy) is 1. The number of carbonyl (C=O) groups excluding carboxylic acids is 1. The number of carboxylic acids is 1. The molecule has 3 rings (SSSR count). The highest BCUT2D eigenvalue weighted by molar-refractivity contribution is 7.11. The smallest absolute Gasteiger partial charge is 0.139 e. The predicted molar refractivity (Wildman–Crippen MR) is 91.5 cm³/mol. The van der Waals surface area contributed by atoms with Crippen LogP contribution in [-0.4, -0.2) is 11.0 Å². The van der Waals surface area contributed by atoms with Crippen LogP contribution in [0.3, 0.4) is 0 Å². The summed E-state index contributed by atoms with van der Waals surface area (Å²) in [7, 11) is 0. The van der Waals surface area contributed by atoms with Crippen LogP contribution in [0.25, 0.3) is 0 Å². The zero-order chi connectivity index (χ0) is 16.9. The molecule has 0 aliphatic rings. The number of thiazole rings is 1. The van der Waals surface area contributed by atoms with Crippen LogP contribution in [0.2, 0.25) is 5.02 Å². The Kier molecular flexibility index (Phi) is 5.13. The van der Waals surface area contributed by atoms with E-state index in [1.807, 2.05) is 36.4 Å². The summed E-state index contributed by atoms with van der Waals surface area (Å²) in [6, 6.07) is 15.2. The molecule has 0 spiro atoms. The van der Waals surface area contributed by atoms with Crippen molar-refractivity contribution < 1.29 is 14.6 Å². The van der Waals surface area contributed by atoms with Crippen LogP contribution in [-0.2, 0) is 13.0 Å². The van der Waals surface area contributed by atoms with E-state index in [0.717, 1.165) is 22.5 Å². The molecule has 3 aromatic rings. The minimum atomic E-state index is -1.27. The predicted octanol–water partition coefficient (Wildman–Crippen LogP) is 3.33. The zero-order valence-corrected chi connectivity index (χ0v) is 14.1. The lowest BCUT2D eigenvalue weighted by molar-refractivity contribution is -0.255. The van der Waals surface area contributed by atoms with Crippen LogP contribution >= 0.6 is 22.9 Å². The van der Waals surface area contributed by atoms with Gasteiger partial charge in [-0.05, 0) is 23.8 Å². The van der Waals surface area contributed by atoms with Gasteiger partial charge >= 0.3 is 0 Å². The first-order valence-corrected chi connectivity index (χ1v) is 8.48. The molecule has 1 heterocycles. The molecule has 0 amide bonds. The van der Waals surface area contributed by atoms with Crippen LogP contribution in [0, 0.1) is 0 Å². The molecule has 0 bridgehead atoms. The summed E-state index contributed by atoms with van der Waals surface area (Å²) in [6.07, 6.45) is 0.439. The van der Waals surface area contributed by atoms with Gasteiger partial charge in [-0.15, -0.1) is 11.3 Å². The Labute approximate surface area is 148 Å². The number of aromatic carboxylic acids is 1. The number of hydrogen-bond donors (Lipinski definition) is 0. The van der Waals surface area contributed by atoms with Gasteiger partial charge in [-0.1, -0.05) is 41.9 Å². The van der Waals surface area contributed by atoms with E-state index in [1.165, 1.54) is 0 Å². The molecule has 0 aliphatic heterocycles. The second-order valence-electron chi connectivity index (χ2n) is 5.13. The number of nitrogens with zero attached hydrogens (tertiary/aromatic N) is 1. The topological polar surface area (TPSA) is 62.2 Å². The van der Waals surface area contributed by atoms with Crippen LogP contribution in [0.4, 0.5) is 0 Å². The van der Waals surface area contributed by atoms with Crippen molar-refractivity contribution in [1.82, 2.24) is 4.98 Å². The highest BCUT2D eigenvalue weighted by atomic mass is 35.5. The third-order valence-corrected chi connectivity index (χ3v) is 4.46. The van der Waals surface area contributed by atoms with E-state index in [-0.39, 0.29) is 5.01 Å². The van der Waals surface area contributed by atoms with Gasteiger partial charge in [0, 0.05) is 22.4 Å². The van der Waals surface area contributed by atoms with Crippen LogP contribution in [0.1, 0.15) is 26.6 Å². The highest BCUT2D eigenvalue weighted by Gasteiger charge is 2.10. The van der Waals surface area contributed by atoms with Gasteiger partial charge in [0.05, 0.1) is 5.69 Å². The zero-order valence-electron chi connectivity index (χ0n) is 12.6. The molecule has 0 saturated carbocycles. The average molecular weight is 359 g/mol. The fourth-order valence-electron chi connectivity index (χ4n) is 2.24. The first-order valence-electron chi connectivity index (χ1n) is 7.23. The maximum Gasteiger partial charge on any atom is 0.139 e. The van der Waals surface area contributed by atoms with Crippen molar-refractivity contribution in [2.45, 2.75) is 13.0 Å². The lowest BCUT2D eigenvalue weighted by Gasteiger charge is -2.11. The second-order valence-corrected chi connectivity index (χ2v) is 6.43. The van der Waals surface area contributed by atoms with Gasteiger partial charge in [0.25, 0.3) is 0 Å². The van der Waals surface area contributed by atoms with Gasteiger partial charge in [0.1, 0.15) is 23.3 Å². The van der Waals surface area contributed by atoms with Crippen molar-refractivity contribution in [3.63, 3.8) is 0 Å². The number of rotatable bonds is 6. The maximum atomic E-state index is 10.8. The first-order chi connectivity index (χ1) is 11.6. The van der Waals surface area contributed by atoms with Crippen molar-refractivity contribution >= 4 is 28.9 Å². The second kappa shape index (κ2) is 7.47. The molecule has 0 saturated heterocycles. The number of hydrogen-bond acceptors (Lipinski definition) is 5. The van der Waals surface area contributed by atoms with E-state index in [2.05, 4.69) is 4.98 Å². The van der Waals surface area contributed by atoms with Gasteiger partial charge < -0.3 is 14.6 Å². The number of benzene rings is 2. The number of carboxylic acid groups (broad SMARTS) is 1. The van der Waals surface area contributed by atoms with Gasteiger partial charge in [0.15, 0.2) is 0 Å². The van der Waals surface area contributed by atoms with Crippen LogP contribution in [0.5, 0.6) is 5.75 Å². The fourth-order valence-corrected chi connectivity index (χ4v) is 3.08. The molecule has 0 atom stereocenters. The molecule has 0 fully saturated rings. The highest BCUT2D eigenvalue weighted by Crippen LogP contribution is 2.26. The average Bonchev–Trinajstić information content (AvgIpc) is 3.04. The number of carbonyl (C=O) groups is 1. The normalized spacial score (nSPS) is 10.5. The van der Waals surface area contributed by atoms with E-state index in [4.69, 9.17) is 16.3 Å². The van der Waals surface area contributed by atoms with Gasteiger partial charge in [-0.3, -0.25) is 0 Å². The monoisotopic (exact) mass is 358 g/mol. The minimum Gasteiger partial charge on any atom is -0.542 e. The summed E-state index contributed by atoms with van der Waals surface area (Å²) < 4.78 is 5.89. The van der Waals surface area contributed by atoms with Crippen molar-refractivity contribution in [1.29, 1.82) is 0 Å². The largest absolute Gasteiger partial charge is 0.542 e.